The summed E-state index contributed by atoms with van der Waals surface area (Å²) in [6.45, 7) is 8.24. The molecule has 0 saturated heterocycles. The number of aliphatic hydroxyl groups excluding tert-OH is 1. The van der Waals surface area contributed by atoms with Crippen LogP contribution < -0.4 is 0 Å². The van der Waals surface area contributed by atoms with Gasteiger partial charge in [0, 0.05) is 0 Å². The molecule has 2 N–H and O–H groups in total. The van der Waals surface area contributed by atoms with E-state index in [-0.39, 0.29) is 12.0 Å². The van der Waals surface area contributed by atoms with Crippen molar-refractivity contribution in [2.75, 3.05) is 0 Å². The average molecular weight is 227 g/mol. The van der Waals surface area contributed by atoms with Crippen LogP contribution in [0.3, 0.4) is 0 Å². The Balaban J connectivity index is 2.61. The molecule has 1 aliphatic carbocycles. The van der Waals surface area contributed by atoms with Crippen LogP contribution in [-0.2, 0) is 4.74 Å². The van der Waals surface area contributed by atoms with E-state index in [0.717, 1.165) is 6.42 Å². The first kappa shape index (κ1) is 13.5. The van der Waals surface area contributed by atoms with E-state index in [2.05, 4.69) is 20.8 Å². The van der Waals surface area contributed by atoms with Crippen LogP contribution >= 0.6 is 0 Å². The third kappa shape index (κ3) is 3.48. The van der Waals surface area contributed by atoms with E-state index in [9.17, 15) is 5.11 Å². The van der Waals surface area contributed by atoms with E-state index in [1.165, 1.54) is 12.8 Å². The number of aliphatic hydroxyl groups is 1. The van der Waals surface area contributed by atoms with Gasteiger partial charge in [0.1, 0.15) is 12.2 Å². The fraction of sp³-hybridized carbons (Fsp3) is 0.923. The number of rotatable bonds is 3. The van der Waals surface area contributed by atoms with Crippen molar-refractivity contribution in [2.45, 2.75) is 59.2 Å². The zero-order valence-corrected chi connectivity index (χ0v) is 10.9. The highest BCUT2D eigenvalue weighted by Gasteiger charge is 2.33. The van der Waals surface area contributed by atoms with Gasteiger partial charge in [0.05, 0.1) is 0 Å². The summed E-state index contributed by atoms with van der Waals surface area (Å²) < 4.78 is 5.63. The molecule has 0 aliphatic heterocycles. The first-order chi connectivity index (χ1) is 7.41. The molecule has 1 rings (SSSR count). The van der Waals surface area contributed by atoms with E-state index in [0.29, 0.717) is 17.8 Å². The van der Waals surface area contributed by atoms with Gasteiger partial charge in [-0.2, -0.15) is 0 Å². The van der Waals surface area contributed by atoms with Crippen LogP contribution in [-0.4, -0.2) is 23.2 Å². The molecule has 0 radical (unpaired) electrons. The molecule has 0 amide bonds. The Bertz CT molecular complexity index is 238. The Labute approximate surface area is 98.7 Å². The zero-order valence-electron chi connectivity index (χ0n) is 10.9. The van der Waals surface area contributed by atoms with Gasteiger partial charge < -0.3 is 9.84 Å². The maximum Gasteiger partial charge on any atom is 0.210 e. The van der Waals surface area contributed by atoms with Crippen molar-refractivity contribution >= 4 is 5.90 Å². The maximum atomic E-state index is 9.29. The minimum absolute atomic E-state index is 0.0183. The van der Waals surface area contributed by atoms with Crippen LogP contribution in [0, 0.1) is 23.2 Å². The summed E-state index contributed by atoms with van der Waals surface area (Å²) in [6, 6.07) is 0. The summed E-state index contributed by atoms with van der Waals surface area (Å²) in [5, 5.41) is 16.9. The number of hydrogen-bond acceptors (Lipinski definition) is 3. The summed E-state index contributed by atoms with van der Waals surface area (Å²) >= 11 is 0. The second-order valence-electron chi connectivity index (χ2n) is 5.52. The molecule has 0 spiro atoms. The first-order valence-corrected chi connectivity index (χ1v) is 6.35. The van der Waals surface area contributed by atoms with Crippen LogP contribution in [0.5, 0.6) is 0 Å². The molecule has 0 aromatic carbocycles. The van der Waals surface area contributed by atoms with Gasteiger partial charge in [-0.3, -0.25) is 5.41 Å². The SMILES string of the molecule is CC(O)C(=N)O[C@@H]1C[C@H](C)CC[C@H]1C(C)C. The standard InChI is InChI=1S/C13H25NO2/c1-8(2)11-6-5-9(3)7-12(11)16-13(14)10(4)15/h8-12,14-15H,5-7H2,1-4H3/t9-,10?,11+,12-/m1/s1. The molecule has 1 aliphatic rings. The number of hydrogen-bond donors (Lipinski definition) is 2. The van der Waals surface area contributed by atoms with Crippen molar-refractivity contribution in [2.24, 2.45) is 17.8 Å². The van der Waals surface area contributed by atoms with Crippen LogP contribution in [0.25, 0.3) is 0 Å². The fourth-order valence-corrected chi connectivity index (χ4v) is 2.51. The van der Waals surface area contributed by atoms with Crippen molar-refractivity contribution < 1.29 is 9.84 Å². The Morgan fingerprint density at radius 1 is 1.31 bits per heavy atom. The Hall–Kier alpha value is -0.570. The molecule has 1 fully saturated rings. The molecule has 94 valence electrons. The van der Waals surface area contributed by atoms with E-state index in [1.54, 1.807) is 6.92 Å². The Morgan fingerprint density at radius 3 is 2.44 bits per heavy atom. The lowest BCUT2D eigenvalue weighted by Crippen LogP contribution is -2.37. The van der Waals surface area contributed by atoms with Gasteiger partial charge in [-0.25, -0.2) is 0 Å². The van der Waals surface area contributed by atoms with Gasteiger partial charge in [-0.05, 0) is 37.5 Å². The summed E-state index contributed by atoms with van der Waals surface area (Å²) in [4.78, 5) is 0. The topological polar surface area (TPSA) is 53.3 Å². The van der Waals surface area contributed by atoms with Gasteiger partial charge >= 0.3 is 0 Å². The lowest BCUT2D eigenvalue weighted by Gasteiger charge is -2.37. The minimum atomic E-state index is -0.787. The highest BCUT2D eigenvalue weighted by atomic mass is 16.5. The Kier molecular flexibility index (Phi) is 4.78. The molecule has 0 heterocycles. The molecule has 3 heteroatoms. The predicted molar refractivity (Wildman–Crippen MR) is 65.6 cm³/mol. The first-order valence-electron chi connectivity index (χ1n) is 6.35. The van der Waals surface area contributed by atoms with Crippen molar-refractivity contribution in [3.05, 3.63) is 0 Å². The predicted octanol–water partition coefficient (Wildman–Crippen LogP) is 2.82. The Morgan fingerprint density at radius 2 is 1.94 bits per heavy atom. The summed E-state index contributed by atoms with van der Waals surface area (Å²) in [5.41, 5.74) is 0. The van der Waals surface area contributed by atoms with Crippen molar-refractivity contribution in [1.29, 1.82) is 5.41 Å². The largest absolute Gasteiger partial charge is 0.476 e. The van der Waals surface area contributed by atoms with Crippen LogP contribution in [0.4, 0.5) is 0 Å². The average Bonchev–Trinajstić information content (AvgIpc) is 2.16. The van der Waals surface area contributed by atoms with Gasteiger partial charge in [0.15, 0.2) is 0 Å². The highest BCUT2D eigenvalue weighted by molar-refractivity contribution is 5.77. The van der Waals surface area contributed by atoms with Gasteiger partial charge in [-0.1, -0.05) is 27.2 Å². The van der Waals surface area contributed by atoms with Crippen LogP contribution in [0.1, 0.15) is 47.0 Å². The molecule has 3 nitrogen and oxygen atoms in total. The minimum Gasteiger partial charge on any atom is -0.476 e. The van der Waals surface area contributed by atoms with E-state index in [4.69, 9.17) is 10.1 Å². The molecule has 0 bridgehead atoms. The quantitative estimate of drug-likeness (QED) is 0.575. The normalized spacial score (nSPS) is 32.5. The molecular weight excluding hydrogens is 202 g/mol. The van der Waals surface area contributed by atoms with Gasteiger partial charge in [0.25, 0.3) is 0 Å². The number of ether oxygens (including phenoxy) is 1. The summed E-state index contributed by atoms with van der Waals surface area (Å²) in [7, 11) is 0. The second-order valence-corrected chi connectivity index (χ2v) is 5.52. The second kappa shape index (κ2) is 5.67. The van der Waals surface area contributed by atoms with E-state index < -0.39 is 6.10 Å². The molecule has 16 heavy (non-hydrogen) atoms. The lowest BCUT2D eigenvalue weighted by atomic mass is 9.75. The number of nitrogens with one attached hydrogen (secondary N) is 1. The molecular formula is C13H25NO2. The lowest BCUT2D eigenvalue weighted by molar-refractivity contribution is 0.0246. The molecule has 0 aromatic heterocycles. The molecule has 0 aromatic rings. The van der Waals surface area contributed by atoms with Crippen molar-refractivity contribution in [3.63, 3.8) is 0 Å². The molecule has 1 unspecified atom stereocenters. The van der Waals surface area contributed by atoms with Crippen LogP contribution in [0.2, 0.25) is 0 Å². The van der Waals surface area contributed by atoms with Crippen molar-refractivity contribution in [3.8, 4) is 0 Å². The van der Waals surface area contributed by atoms with Gasteiger partial charge in [-0.15, -0.1) is 0 Å². The van der Waals surface area contributed by atoms with E-state index >= 15 is 0 Å². The third-order valence-electron chi connectivity index (χ3n) is 3.62. The zero-order chi connectivity index (χ0) is 12.3. The molecule has 1 saturated carbocycles. The van der Waals surface area contributed by atoms with Crippen molar-refractivity contribution in [1.82, 2.24) is 0 Å². The van der Waals surface area contributed by atoms with Crippen LogP contribution in [0.15, 0.2) is 0 Å². The summed E-state index contributed by atoms with van der Waals surface area (Å²) in [5.74, 6) is 1.79. The molecule has 4 atom stereocenters. The smallest absolute Gasteiger partial charge is 0.210 e. The summed E-state index contributed by atoms with van der Waals surface area (Å²) in [6.07, 6.45) is 2.77. The fourth-order valence-electron chi connectivity index (χ4n) is 2.51. The van der Waals surface area contributed by atoms with E-state index in [1.807, 2.05) is 0 Å². The third-order valence-corrected chi connectivity index (χ3v) is 3.62. The maximum absolute atomic E-state index is 9.29. The highest BCUT2D eigenvalue weighted by Crippen LogP contribution is 2.35. The van der Waals surface area contributed by atoms with Gasteiger partial charge in [0.2, 0.25) is 5.90 Å². The monoisotopic (exact) mass is 227 g/mol.